The van der Waals surface area contributed by atoms with Gasteiger partial charge in [-0.2, -0.15) is 0 Å². The summed E-state index contributed by atoms with van der Waals surface area (Å²) in [5.41, 5.74) is 9.80. The maximum atomic E-state index is 13.7. The maximum Gasteiger partial charge on any atom is 0.329 e. The van der Waals surface area contributed by atoms with Gasteiger partial charge >= 0.3 is 5.97 Å². The van der Waals surface area contributed by atoms with Crippen LogP contribution in [0.3, 0.4) is 0 Å². The number of nitrogen functional groups attached to an aromatic ring is 1. The molecular weight excluding hydrogens is 438 g/mol. The van der Waals surface area contributed by atoms with E-state index < -0.39 is 41.2 Å². The predicted molar refractivity (Wildman–Crippen MR) is 125 cm³/mol. The number of amidine groups is 1. The van der Waals surface area contributed by atoms with Crippen molar-refractivity contribution in [3.05, 3.63) is 35.4 Å². The first-order valence-corrected chi connectivity index (χ1v) is 11.6. The van der Waals surface area contributed by atoms with Gasteiger partial charge in [-0.1, -0.05) is 51.5 Å². The van der Waals surface area contributed by atoms with Gasteiger partial charge in [0.05, 0.1) is 11.8 Å². The van der Waals surface area contributed by atoms with Crippen LogP contribution in [0, 0.1) is 23.2 Å². The summed E-state index contributed by atoms with van der Waals surface area (Å²) in [6.45, 7) is 5.94. The minimum atomic E-state index is -1.88. The second-order valence-electron chi connectivity index (χ2n) is 9.39. The summed E-state index contributed by atoms with van der Waals surface area (Å²) >= 11 is 0. The number of nitrogens with two attached hydrogens (primary N) is 2. The number of amides is 3. The van der Waals surface area contributed by atoms with Gasteiger partial charge in [-0.25, -0.2) is 4.79 Å². The highest BCUT2D eigenvalue weighted by Crippen LogP contribution is 2.55. The van der Waals surface area contributed by atoms with Crippen LogP contribution in [0.15, 0.2) is 24.3 Å². The number of likely N-dealkylation sites (tertiary alicyclic amines) is 2. The second-order valence-corrected chi connectivity index (χ2v) is 9.39. The summed E-state index contributed by atoms with van der Waals surface area (Å²) in [4.78, 5) is 54.9. The number of imide groups is 1. The number of carbonyl (C=O) groups is 4. The molecule has 2 aliphatic rings. The van der Waals surface area contributed by atoms with Crippen LogP contribution in [0.5, 0.6) is 0 Å². The van der Waals surface area contributed by atoms with E-state index in [-0.39, 0.29) is 37.2 Å². The molecule has 6 N–H and O–H groups in total. The Morgan fingerprint density at radius 1 is 1.12 bits per heavy atom. The number of hydrogen-bond acceptors (Lipinski definition) is 6. The van der Waals surface area contributed by atoms with Gasteiger partial charge in [0.1, 0.15) is 5.84 Å². The number of nitrogens with zero attached hydrogens (tertiary/aromatic N) is 2. The molecule has 3 amide bonds. The summed E-state index contributed by atoms with van der Waals surface area (Å²) in [5, 5.41) is 18.4. The lowest BCUT2D eigenvalue weighted by Gasteiger charge is -2.42. The number of hydrogen-bond donors (Lipinski definition) is 4. The highest BCUT2D eigenvalue weighted by molar-refractivity contribution is 6.09. The number of carboxylic acids is 1. The first-order valence-electron chi connectivity index (χ1n) is 11.6. The molecule has 2 saturated heterocycles. The third-order valence-corrected chi connectivity index (χ3v) is 7.05. The van der Waals surface area contributed by atoms with Crippen molar-refractivity contribution in [3.63, 3.8) is 0 Å². The molecule has 0 saturated carbocycles. The highest BCUT2D eigenvalue weighted by atomic mass is 16.4. The third-order valence-electron chi connectivity index (χ3n) is 7.05. The zero-order valence-corrected chi connectivity index (χ0v) is 19.8. The molecular formula is C24H33N5O5. The van der Waals surface area contributed by atoms with Gasteiger partial charge in [0.25, 0.3) is 0 Å². The summed E-state index contributed by atoms with van der Waals surface area (Å²) in [7, 11) is 0. The van der Waals surface area contributed by atoms with Crippen molar-refractivity contribution in [2.24, 2.45) is 29.2 Å². The molecule has 1 aromatic rings. The first kappa shape index (κ1) is 25.4. The molecule has 10 nitrogen and oxygen atoms in total. The lowest BCUT2D eigenvalue weighted by Crippen LogP contribution is -2.57. The summed E-state index contributed by atoms with van der Waals surface area (Å²) in [6.07, 6.45) is 1.29. The number of aliphatic carboxylic acids is 1. The smallest absolute Gasteiger partial charge is 0.329 e. The molecule has 10 heteroatoms. The van der Waals surface area contributed by atoms with Gasteiger partial charge in [0.15, 0.2) is 5.54 Å². The average molecular weight is 472 g/mol. The Kier molecular flexibility index (Phi) is 7.11. The minimum absolute atomic E-state index is 0.0124. The van der Waals surface area contributed by atoms with Crippen LogP contribution in [0.2, 0.25) is 0 Å². The fourth-order valence-corrected chi connectivity index (χ4v) is 5.64. The number of fused-ring (bicyclic) bond motifs is 1. The summed E-state index contributed by atoms with van der Waals surface area (Å²) in [6, 6.07) is 5.55. The molecule has 34 heavy (non-hydrogen) atoms. The van der Waals surface area contributed by atoms with Gasteiger partial charge in [-0.05, 0) is 17.9 Å². The van der Waals surface area contributed by atoms with Crippen molar-refractivity contribution >= 4 is 29.5 Å². The molecule has 0 aliphatic carbocycles. The summed E-state index contributed by atoms with van der Waals surface area (Å²) < 4.78 is 0. The van der Waals surface area contributed by atoms with E-state index in [0.717, 1.165) is 6.42 Å². The molecule has 3 rings (SSSR count). The first-order chi connectivity index (χ1) is 16.0. The zero-order valence-electron chi connectivity index (χ0n) is 19.8. The normalized spacial score (nSPS) is 26.8. The maximum absolute atomic E-state index is 13.7. The van der Waals surface area contributed by atoms with E-state index in [1.54, 1.807) is 4.90 Å². The number of unbranched alkanes of at least 4 members (excludes halogenated alkanes) is 1. The molecule has 0 radical (unpaired) electrons. The molecule has 184 valence electrons. The van der Waals surface area contributed by atoms with Gasteiger partial charge in [0, 0.05) is 31.1 Å². The molecule has 2 fully saturated rings. The molecule has 2 aliphatic heterocycles. The molecule has 0 spiro atoms. The van der Waals surface area contributed by atoms with Crippen LogP contribution in [0.1, 0.15) is 51.2 Å². The molecule has 1 aromatic carbocycles. The average Bonchev–Trinajstić information content (AvgIpc) is 3.21. The summed E-state index contributed by atoms with van der Waals surface area (Å²) in [5.74, 6) is -5.12. The molecule has 4 atom stereocenters. The zero-order chi connectivity index (χ0) is 25.4. The van der Waals surface area contributed by atoms with Crippen LogP contribution in [-0.2, 0) is 24.7 Å². The third kappa shape index (κ3) is 3.85. The van der Waals surface area contributed by atoms with Gasteiger partial charge in [-0.15, -0.1) is 0 Å². The SMILES string of the molecule is CCCCN1C(=O)C2C(C(C)C)N(CCC(N)=O)C(C(=O)O)(c3ccc(C(=N)N)cc3)C2C1=O. The Morgan fingerprint density at radius 3 is 2.21 bits per heavy atom. The van der Waals surface area contributed by atoms with Crippen LogP contribution in [0.25, 0.3) is 0 Å². The Hall–Kier alpha value is -3.27. The number of primary amides is 1. The molecule has 2 heterocycles. The van der Waals surface area contributed by atoms with Gasteiger partial charge in [-0.3, -0.25) is 29.6 Å². The van der Waals surface area contributed by atoms with Crippen molar-refractivity contribution in [1.82, 2.24) is 9.80 Å². The minimum Gasteiger partial charge on any atom is -0.480 e. The Bertz CT molecular complexity index is 1010. The van der Waals surface area contributed by atoms with Gasteiger partial charge in [0.2, 0.25) is 17.7 Å². The van der Waals surface area contributed by atoms with Crippen molar-refractivity contribution in [2.45, 2.75) is 51.6 Å². The van der Waals surface area contributed by atoms with E-state index in [1.165, 1.54) is 29.2 Å². The van der Waals surface area contributed by atoms with Crippen LogP contribution in [0.4, 0.5) is 0 Å². The second kappa shape index (κ2) is 9.54. The van der Waals surface area contributed by atoms with E-state index in [0.29, 0.717) is 17.5 Å². The van der Waals surface area contributed by atoms with Crippen LogP contribution < -0.4 is 11.5 Å². The van der Waals surface area contributed by atoms with E-state index >= 15 is 0 Å². The van der Waals surface area contributed by atoms with Gasteiger partial charge < -0.3 is 16.6 Å². The monoisotopic (exact) mass is 471 g/mol. The molecule has 4 unspecified atom stereocenters. The Labute approximate surface area is 198 Å². The lowest BCUT2D eigenvalue weighted by atomic mass is 9.74. The number of rotatable bonds is 10. The largest absolute Gasteiger partial charge is 0.480 e. The van der Waals surface area contributed by atoms with E-state index in [4.69, 9.17) is 16.9 Å². The van der Waals surface area contributed by atoms with Crippen molar-refractivity contribution in [1.29, 1.82) is 5.41 Å². The van der Waals surface area contributed by atoms with E-state index in [9.17, 15) is 24.3 Å². The standard InChI is InChI=1S/C24H33N5O5/c1-4-5-11-28-21(31)17-18(22(28)32)24(23(33)34,15-8-6-14(7-9-15)20(26)27)29(12-10-16(25)30)19(17)13(2)3/h6-9,13,17-19H,4-5,10-12H2,1-3H3,(H2,25,30)(H3,26,27)(H,33,34). The predicted octanol–water partition coefficient (Wildman–Crippen LogP) is 0.867. The topological polar surface area (TPSA) is 171 Å². The molecule has 0 aromatic heterocycles. The van der Waals surface area contributed by atoms with E-state index in [1.807, 2.05) is 20.8 Å². The van der Waals surface area contributed by atoms with Crippen LogP contribution >= 0.6 is 0 Å². The lowest BCUT2D eigenvalue weighted by molar-refractivity contribution is -0.160. The van der Waals surface area contributed by atoms with Crippen molar-refractivity contribution in [2.75, 3.05) is 13.1 Å². The van der Waals surface area contributed by atoms with Crippen LogP contribution in [-0.4, -0.2) is 63.6 Å². The molecule has 0 bridgehead atoms. The number of carboxylic acid groups (broad SMARTS) is 1. The fourth-order valence-electron chi connectivity index (χ4n) is 5.64. The number of nitrogens with one attached hydrogen (secondary N) is 1. The van der Waals surface area contributed by atoms with E-state index in [2.05, 4.69) is 0 Å². The highest BCUT2D eigenvalue weighted by Gasteiger charge is 2.72. The quantitative estimate of drug-likeness (QED) is 0.223. The Morgan fingerprint density at radius 2 is 1.74 bits per heavy atom. The Balaban J connectivity index is 2.27. The van der Waals surface area contributed by atoms with Crippen molar-refractivity contribution < 1.29 is 24.3 Å². The number of benzene rings is 1. The fraction of sp³-hybridized carbons (Fsp3) is 0.542. The van der Waals surface area contributed by atoms with Crippen molar-refractivity contribution in [3.8, 4) is 0 Å². The number of carbonyl (C=O) groups excluding carboxylic acids is 3.